The molecule has 0 aromatic heterocycles. The highest BCUT2D eigenvalue weighted by Gasteiger charge is 2.53. The monoisotopic (exact) mass is 722 g/mol. The fourth-order valence-corrected chi connectivity index (χ4v) is 7.11. The second kappa shape index (κ2) is 19.7. The van der Waals surface area contributed by atoms with Crippen molar-refractivity contribution in [3.05, 3.63) is 47.3 Å². The number of carbonyl (C=O) groups excluding carboxylic acids is 2. The van der Waals surface area contributed by atoms with Gasteiger partial charge in [0.25, 0.3) is 0 Å². The molecule has 290 valence electrons. The Kier molecular flexibility index (Phi) is 17.1. The predicted octanol–water partition coefficient (Wildman–Crippen LogP) is 5.11. The summed E-state index contributed by atoms with van der Waals surface area (Å²) in [6.45, 7) is 16.6. The number of hydrogen-bond acceptors (Lipinski definition) is 11. The number of aliphatic hydroxyl groups is 3. The van der Waals surface area contributed by atoms with Gasteiger partial charge in [-0.1, -0.05) is 83.9 Å². The van der Waals surface area contributed by atoms with Crippen LogP contribution in [0.15, 0.2) is 47.3 Å². The maximum Gasteiger partial charge on any atom is 0.373 e. The first-order chi connectivity index (χ1) is 23.8. The van der Waals surface area contributed by atoms with Crippen molar-refractivity contribution >= 4 is 17.9 Å². The van der Waals surface area contributed by atoms with E-state index in [1.807, 2.05) is 53.7 Å². The van der Waals surface area contributed by atoms with Crippen LogP contribution in [-0.2, 0) is 38.1 Å². The van der Waals surface area contributed by atoms with E-state index in [2.05, 4.69) is 0 Å². The van der Waals surface area contributed by atoms with Crippen molar-refractivity contribution in [3.63, 3.8) is 0 Å². The Hall–Kier alpha value is -3.03. The summed E-state index contributed by atoms with van der Waals surface area (Å²) in [7, 11) is 2.81. The van der Waals surface area contributed by atoms with E-state index in [9.17, 15) is 29.7 Å². The molecule has 2 rings (SSSR count). The third-order valence-electron chi connectivity index (χ3n) is 10.3. The zero-order chi connectivity index (χ0) is 38.8. The lowest BCUT2D eigenvalue weighted by Crippen LogP contribution is -2.59. The van der Waals surface area contributed by atoms with E-state index in [1.165, 1.54) is 20.3 Å². The van der Waals surface area contributed by atoms with Gasteiger partial charge < -0.3 is 44.1 Å². The van der Waals surface area contributed by atoms with E-state index in [0.29, 0.717) is 12.0 Å². The molecular weight excluding hydrogens is 660 g/mol. The molecule has 2 aliphatic heterocycles. The third kappa shape index (κ3) is 12.3. The van der Waals surface area contributed by atoms with Crippen molar-refractivity contribution in [3.8, 4) is 0 Å². The number of carboxylic acids is 1. The molecule has 51 heavy (non-hydrogen) atoms. The number of cyclic esters (lactones) is 1. The van der Waals surface area contributed by atoms with Gasteiger partial charge in [-0.25, -0.2) is 4.79 Å². The normalized spacial score (nSPS) is 36.9. The van der Waals surface area contributed by atoms with Crippen LogP contribution in [0, 0.1) is 35.5 Å². The SMILES string of the molecule is CO/C1=C\C(C)=C\[C@@H](C)[C@@H](O)[C@@H](C)C/C(C)=C/C=C/[C@H](OC)[C@@H]([C@@H](C)[C@@H](O)[C@H](C)[C@@]2(O)C[C@@H](OC(=O)CCC(=O)O)[C@H](C)[C@@H](C(C)C)O2)OC1=O. The van der Waals surface area contributed by atoms with Crippen LogP contribution in [0.2, 0.25) is 0 Å². The van der Waals surface area contributed by atoms with E-state index < -0.39 is 72.2 Å². The van der Waals surface area contributed by atoms with Gasteiger partial charge in [0.1, 0.15) is 18.3 Å². The molecule has 0 unspecified atom stereocenters. The minimum absolute atomic E-state index is 0.0426. The molecule has 0 aromatic carbocycles. The van der Waals surface area contributed by atoms with Gasteiger partial charge >= 0.3 is 17.9 Å². The Labute approximate surface area is 303 Å². The molecule has 12 heteroatoms. The fraction of sp³-hybridized carbons (Fsp3) is 0.718. The quantitative estimate of drug-likeness (QED) is 0.208. The summed E-state index contributed by atoms with van der Waals surface area (Å²) in [5.41, 5.74) is 1.71. The van der Waals surface area contributed by atoms with Crippen LogP contribution in [0.25, 0.3) is 0 Å². The molecule has 0 amide bonds. The second-order valence-electron chi connectivity index (χ2n) is 14.9. The molecule has 1 saturated heterocycles. The number of allylic oxidation sites excluding steroid dienone is 5. The molecule has 0 aromatic rings. The molecule has 0 saturated carbocycles. The lowest BCUT2D eigenvalue weighted by Gasteiger charge is -2.50. The summed E-state index contributed by atoms with van der Waals surface area (Å²) < 4.78 is 29.3. The van der Waals surface area contributed by atoms with Gasteiger partial charge in [0.15, 0.2) is 5.79 Å². The first-order valence-electron chi connectivity index (χ1n) is 18.0. The average Bonchev–Trinajstić information content (AvgIpc) is 3.06. The van der Waals surface area contributed by atoms with E-state index in [0.717, 1.165) is 5.57 Å². The number of hydrogen-bond donors (Lipinski definition) is 4. The van der Waals surface area contributed by atoms with E-state index in [4.69, 9.17) is 28.8 Å². The first kappa shape index (κ1) is 44.1. The van der Waals surface area contributed by atoms with Gasteiger partial charge in [-0.3, -0.25) is 9.59 Å². The number of rotatable bonds is 11. The zero-order valence-electron chi connectivity index (χ0n) is 32.2. The summed E-state index contributed by atoms with van der Waals surface area (Å²) in [6, 6.07) is 0. The fourth-order valence-electron chi connectivity index (χ4n) is 7.11. The highest BCUT2D eigenvalue weighted by Crippen LogP contribution is 2.42. The van der Waals surface area contributed by atoms with Crippen molar-refractivity contribution < 1.29 is 58.5 Å². The molecule has 2 aliphatic rings. The second-order valence-corrected chi connectivity index (χ2v) is 14.9. The minimum atomic E-state index is -1.97. The van der Waals surface area contributed by atoms with Crippen molar-refractivity contribution in [2.45, 2.75) is 130 Å². The van der Waals surface area contributed by atoms with Gasteiger partial charge in [0.05, 0.1) is 38.3 Å². The number of carboxylic acid groups (broad SMARTS) is 1. The van der Waals surface area contributed by atoms with Crippen LogP contribution in [0.3, 0.4) is 0 Å². The molecule has 0 aliphatic carbocycles. The Morgan fingerprint density at radius 2 is 1.71 bits per heavy atom. The number of ether oxygens (including phenoxy) is 5. The Bertz CT molecular complexity index is 1300. The lowest BCUT2D eigenvalue weighted by atomic mass is 9.76. The largest absolute Gasteiger partial charge is 0.490 e. The summed E-state index contributed by atoms with van der Waals surface area (Å²) in [4.78, 5) is 37.2. The van der Waals surface area contributed by atoms with Crippen molar-refractivity contribution in [2.24, 2.45) is 35.5 Å². The van der Waals surface area contributed by atoms with Crippen LogP contribution in [0.1, 0.15) is 88.0 Å². The summed E-state index contributed by atoms with van der Waals surface area (Å²) in [5.74, 6) is -7.19. The minimum Gasteiger partial charge on any atom is -0.490 e. The third-order valence-corrected chi connectivity index (χ3v) is 10.3. The number of esters is 2. The first-order valence-corrected chi connectivity index (χ1v) is 18.0. The van der Waals surface area contributed by atoms with Crippen LogP contribution < -0.4 is 0 Å². The van der Waals surface area contributed by atoms with Crippen LogP contribution in [-0.4, -0.2) is 95.0 Å². The highest BCUT2D eigenvalue weighted by molar-refractivity contribution is 5.87. The zero-order valence-corrected chi connectivity index (χ0v) is 32.2. The average molecular weight is 723 g/mol. The lowest BCUT2D eigenvalue weighted by molar-refractivity contribution is -0.329. The maximum absolute atomic E-state index is 13.6. The molecule has 2 heterocycles. The molecule has 0 radical (unpaired) electrons. The van der Waals surface area contributed by atoms with E-state index in [-0.39, 0.29) is 48.7 Å². The van der Waals surface area contributed by atoms with Gasteiger partial charge in [0, 0.05) is 37.2 Å². The van der Waals surface area contributed by atoms with Crippen LogP contribution >= 0.6 is 0 Å². The van der Waals surface area contributed by atoms with Gasteiger partial charge in [-0.15, -0.1) is 0 Å². The standard InChI is InChI=1S/C39H62O12/c1-21(2)36-26(7)31(49-33(42)16-15-32(40)41)20-39(46,51-36)28(9)35(44)27(8)37-29(47-10)14-12-13-22(3)17-24(5)34(43)25(6)18-23(4)19-30(48-11)38(45)50-37/h12-14,18-19,21,24-29,31,34-37,43-44,46H,15-17,20H2,1-11H3,(H,40,41)/b14-12+,22-13+,23-18+,30-19-/t24-,25+,26-,27-,28-,29-,31+,34-,35+,36+,37+,39+/m0/s1. The van der Waals surface area contributed by atoms with Crippen LogP contribution in [0.5, 0.6) is 0 Å². The summed E-state index contributed by atoms with van der Waals surface area (Å²) in [6.07, 6.45) is 3.36. The topological polar surface area (TPSA) is 178 Å². The Morgan fingerprint density at radius 3 is 2.27 bits per heavy atom. The van der Waals surface area contributed by atoms with Gasteiger partial charge in [-0.2, -0.15) is 0 Å². The summed E-state index contributed by atoms with van der Waals surface area (Å²) >= 11 is 0. The summed E-state index contributed by atoms with van der Waals surface area (Å²) in [5, 5.41) is 43.9. The molecule has 12 atom stereocenters. The molecule has 0 bridgehead atoms. The number of carbonyl (C=O) groups is 3. The van der Waals surface area contributed by atoms with E-state index >= 15 is 0 Å². The van der Waals surface area contributed by atoms with Crippen LogP contribution in [0.4, 0.5) is 0 Å². The highest BCUT2D eigenvalue weighted by atomic mass is 16.6. The Balaban J connectivity index is 2.53. The van der Waals surface area contributed by atoms with Crippen molar-refractivity contribution in [1.82, 2.24) is 0 Å². The molecule has 0 spiro atoms. The number of aliphatic carboxylic acids is 1. The number of aliphatic hydroxyl groups excluding tert-OH is 2. The predicted molar refractivity (Wildman–Crippen MR) is 191 cm³/mol. The van der Waals surface area contributed by atoms with Gasteiger partial charge in [0.2, 0.25) is 5.76 Å². The smallest absolute Gasteiger partial charge is 0.373 e. The van der Waals surface area contributed by atoms with Gasteiger partial charge in [-0.05, 0) is 38.2 Å². The maximum atomic E-state index is 13.6. The number of methoxy groups -OCH3 is 2. The molecular formula is C39H62O12. The Morgan fingerprint density at radius 1 is 1.06 bits per heavy atom. The molecule has 4 N–H and O–H groups in total. The van der Waals surface area contributed by atoms with E-state index in [1.54, 1.807) is 32.9 Å². The molecule has 1 fully saturated rings. The molecule has 12 nitrogen and oxygen atoms in total. The van der Waals surface area contributed by atoms with Crippen molar-refractivity contribution in [1.29, 1.82) is 0 Å². The van der Waals surface area contributed by atoms with Crippen molar-refractivity contribution in [2.75, 3.05) is 14.2 Å².